The summed E-state index contributed by atoms with van der Waals surface area (Å²) in [6.45, 7) is 3.05. The fourth-order valence-electron chi connectivity index (χ4n) is 2.88. The van der Waals surface area contributed by atoms with E-state index >= 15 is 0 Å². The fraction of sp³-hybridized carbons (Fsp3) is 0.333. The molecule has 0 aliphatic rings. The number of sulfonamides is 1. The lowest BCUT2D eigenvalue weighted by Crippen LogP contribution is -2.50. The summed E-state index contributed by atoms with van der Waals surface area (Å²) in [5.74, 6) is -0.905. The third-order valence-electron chi connectivity index (χ3n) is 4.84. The van der Waals surface area contributed by atoms with Crippen LogP contribution < -0.4 is 5.32 Å². The van der Waals surface area contributed by atoms with Gasteiger partial charge >= 0.3 is 0 Å². The van der Waals surface area contributed by atoms with Crippen LogP contribution in [0, 0.1) is 6.92 Å². The van der Waals surface area contributed by atoms with Crippen molar-refractivity contribution in [2.45, 2.75) is 31.3 Å². The van der Waals surface area contributed by atoms with E-state index in [1.165, 1.54) is 31.1 Å². The Bertz CT molecular complexity index is 1060. The molecule has 1 atom stereocenters. The van der Waals surface area contributed by atoms with Crippen molar-refractivity contribution in [1.82, 2.24) is 14.5 Å². The van der Waals surface area contributed by atoms with Crippen LogP contribution in [-0.4, -0.2) is 56.1 Å². The summed E-state index contributed by atoms with van der Waals surface area (Å²) in [4.78, 5) is 26.7. The van der Waals surface area contributed by atoms with Crippen LogP contribution >= 0.6 is 23.2 Å². The molecule has 2 amide bonds. The Balaban J connectivity index is 2.28. The number of nitrogens with zero attached hydrogens (tertiary/aromatic N) is 2. The minimum Gasteiger partial charge on any atom is -0.357 e. The van der Waals surface area contributed by atoms with Crippen LogP contribution in [0.4, 0.5) is 0 Å². The molecule has 0 heterocycles. The molecule has 0 saturated carbocycles. The molecule has 0 saturated heterocycles. The number of carbonyl (C=O) groups excluding carboxylic acids is 2. The summed E-state index contributed by atoms with van der Waals surface area (Å²) in [5, 5.41) is 3.19. The SMILES string of the molecule is CNC(=O)[C@@H](C)N(Cc1ccc(Cl)c(Cl)c1)C(=O)CN(C)S(=O)(=O)c1ccc(C)cc1. The topological polar surface area (TPSA) is 86.8 Å². The van der Waals surface area contributed by atoms with Gasteiger partial charge in [-0.25, -0.2) is 8.42 Å². The van der Waals surface area contributed by atoms with Crippen LogP contribution in [0.25, 0.3) is 0 Å². The predicted molar refractivity (Wildman–Crippen MR) is 122 cm³/mol. The van der Waals surface area contributed by atoms with Gasteiger partial charge in [-0.3, -0.25) is 9.59 Å². The van der Waals surface area contributed by atoms with Gasteiger partial charge < -0.3 is 10.2 Å². The Kier molecular flexibility index (Phi) is 8.48. The zero-order valence-corrected chi connectivity index (χ0v) is 20.1. The van der Waals surface area contributed by atoms with E-state index in [0.29, 0.717) is 15.6 Å². The standard InChI is InChI=1S/C21H25Cl2N3O4S/c1-14-5-8-17(9-6-14)31(29,30)25(4)13-20(27)26(15(2)21(28)24-3)12-16-7-10-18(22)19(23)11-16/h5-11,15H,12-13H2,1-4H3,(H,24,28)/t15-/m1/s1. The molecule has 2 aromatic rings. The number of rotatable bonds is 8. The van der Waals surface area contributed by atoms with Crippen LogP contribution in [-0.2, 0) is 26.2 Å². The maximum Gasteiger partial charge on any atom is 0.243 e. The van der Waals surface area contributed by atoms with Crippen LogP contribution in [0.5, 0.6) is 0 Å². The number of halogens is 2. The molecule has 31 heavy (non-hydrogen) atoms. The van der Waals surface area contributed by atoms with Gasteiger partial charge in [0.2, 0.25) is 21.8 Å². The van der Waals surface area contributed by atoms with Gasteiger partial charge in [0.1, 0.15) is 6.04 Å². The van der Waals surface area contributed by atoms with Crippen molar-refractivity contribution >= 4 is 45.0 Å². The second-order valence-electron chi connectivity index (χ2n) is 7.13. The third-order valence-corrected chi connectivity index (χ3v) is 7.39. The average Bonchev–Trinajstić information content (AvgIpc) is 2.73. The predicted octanol–water partition coefficient (Wildman–Crippen LogP) is 3.09. The highest BCUT2D eigenvalue weighted by atomic mass is 35.5. The van der Waals surface area contributed by atoms with Crippen molar-refractivity contribution in [3.8, 4) is 0 Å². The number of amides is 2. The number of benzene rings is 2. The van der Waals surface area contributed by atoms with Crippen molar-refractivity contribution < 1.29 is 18.0 Å². The molecule has 0 aromatic heterocycles. The van der Waals surface area contributed by atoms with Gasteiger partial charge in [-0.2, -0.15) is 4.31 Å². The molecule has 0 unspecified atom stereocenters. The first-order valence-electron chi connectivity index (χ1n) is 9.45. The van der Waals surface area contributed by atoms with Crippen molar-refractivity contribution in [3.05, 3.63) is 63.6 Å². The van der Waals surface area contributed by atoms with Gasteiger partial charge in [0.15, 0.2) is 0 Å². The molecular formula is C21H25Cl2N3O4S. The largest absolute Gasteiger partial charge is 0.357 e. The molecule has 0 spiro atoms. The quantitative estimate of drug-likeness (QED) is 0.622. The zero-order chi connectivity index (χ0) is 23.3. The first kappa shape index (κ1) is 25.1. The Morgan fingerprint density at radius 3 is 2.23 bits per heavy atom. The normalized spacial score (nSPS) is 12.5. The number of hydrogen-bond donors (Lipinski definition) is 1. The zero-order valence-electron chi connectivity index (χ0n) is 17.7. The lowest BCUT2D eigenvalue weighted by molar-refractivity contribution is -0.140. The molecule has 7 nitrogen and oxygen atoms in total. The second kappa shape index (κ2) is 10.5. The summed E-state index contributed by atoms with van der Waals surface area (Å²) in [6.07, 6.45) is 0. The highest BCUT2D eigenvalue weighted by Crippen LogP contribution is 2.24. The second-order valence-corrected chi connectivity index (χ2v) is 9.99. The maximum atomic E-state index is 13.1. The van der Waals surface area contributed by atoms with Gasteiger partial charge in [-0.05, 0) is 43.7 Å². The van der Waals surface area contributed by atoms with E-state index < -0.39 is 28.5 Å². The van der Waals surface area contributed by atoms with E-state index in [1.54, 1.807) is 37.3 Å². The van der Waals surface area contributed by atoms with Crippen LogP contribution in [0.2, 0.25) is 10.0 Å². The molecule has 10 heteroatoms. The molecule has 0 aliphatic carbocycles. The molecular weight excluding hydrogens is 461 g/mol. The Labute approximate surface area is 193 Å². The molecule has 1 N–H and O–H groups in total. The van der Waals surface area contributed by atoms with Crippen LogP contribution in [0.3, 0.4) is 0 Å². The number of aryl methyl sites for hydroxylation is 1. The van der Waals surface area contributed by atoms with Gasteiger partial charge in [0.05, 0.1) is 21.5 Å². The third kappa shape index (κ3) is 6.20. The number of nitrogens with one attached hydrogen (secondary N) is 1. The van der Waals surface area contributed by atoms with Crippen molar-refractivity contribution in [1.29, 1.82) is 0 Å². The Morgan fingerprint density at radius 2 is 1.68 bits per heavy atom. The minimum absolute atomic E-state index is 0.0583. The molecule has 2 aromatic carbocycles. The average molecular weight is 486 g/mol. The molecule has 0 bridgehead atoms. The summed E-state index contributed by atoms with van der Waals surface area (Å²) in [6, 6.07) is 10.4. The summed E-state index contributed by atoms with van der Waals surface area (Å²) >= 11 is 12.0. The molecule has 2 rings (SSSR count). The number of hydrogen-bond acceptors (Lipinski definition) is 4. The first-order chi connectivity index (χ1) is 14.5. The highest BCUT2D eigenvalue weighted by Gasteiger charge is 2.30. The van der Waals surface area contributed by atoms with Crippen LogP contribution in [0.15, 0.2) is 47.4 Å². The lowest BCUT2D eigenvalue weighted by Gasteiger charge is -2.30. The van der Waals surface area contributed by atoms with E-state index in [1.807, 2.05) is 6.92 Å². The van der Waals surface area contributed by atoms with Gasteiger partial charge in [-0.1, -0.05) is 47.0 Å². The summed E-state index contributed by atoms with van der Waals surface area (Å²) in [5.41, 5.74) is 1.58. The molecule has 0 aliphatic heterocycles. The molecule has 168 valence electrons. The minimum atomic E-state index is -3.87. The lowest BCUT2D eigenvalue weighted by atomic mass is 10.1. The van der Waals surface area contributed by atoms with Gasteiger partial charge in [0.25, 0.3) is 0 Å². The van der Waals surface area contributed by atoms with E-state index in [2.05, 4.69) is 5.32 Å². The smallest absolute Gasteiger partial charge is 0.243 e. The fourth-order valence-corrected chi connectivity index (χ4v) is 4.32. The van der Waals surface area contributed by atoms with Gasteiger partial charge in [-0.15, -0.1) is 0 Å². The highest BCUT2D eigenvalue weighted by molar-refractivity contribution is 7.89. The van der Waals surface area contributed by atoms with Crippen LogP contribution in [0.1, 0.15) is 18.1 Å². The van der Waals surface area contributed by atoms with E-state index in [-0.39, 0.29) is 17.3 Å². The summed E-state index contributed by atoms with van der Waals surface area (Å²) in [7, 11) is -1.08. The monoisotopic (exact) mass is 485 g/mol. The van der Waals surface area contributed by atoms with E-state index in [9.17, 15) is 18.0 Å². The Hall–Kier alpha value is -2.13. The van der Waals surface area contributed by atoms with Gasteiger partial charge in [0, 0.05) is 20.6 Å². The van der Waals surface area contributed by atoms with E-state index in [4.69, 9.17) is 23.2 Å². The van der Waals surface area contributed by atoms with Crippen molar-refractivity contribution in [2.24, 2.45) is 0 Å². The first-order valence-corrected chi connectivity index (χ1v) is 11.6. The summed E-state index contributed by atoms with van der Waals surface area (Å²) < 4.78 is 26.7. The number of carbonyl (C=O) groups is 2. The molecule has 0 radical (unpaired) electrons. The van der Waals surface area contributed by atoms with Crippen molar-refractivity contribution in [3.63, 3.8) is 0 Å². The molecule has 0 fully saturated rings. The van der Waals surface area contributed by atoms with Crippen molar-refractivity contribution in [2.75, 3.05) is 20.6 Å². The number of likely N-dealkylation sites (N-methyl/N-ethyl adjacent to an activating group) is 2. The van der Waals surface area contributed by atoms with E-state index in [0.717, 1.165) is 9.87 Å². The maximum absolute atomic E-state index is 13.1. The Morgan fingerprint density at radius 1 is 1.06 bits per heavy atom.